The molecule has 0 fully saturated rings. The second kappa shape index (κ2) is 9.26. The fraction of sp³-hybridized carbons (Fsp3) is 0.846. The van der Waals surface area contributed by atoms with Gasteiger partial charge in [0.1, 0.15) is 0 Å². The molecule has 0 aromatic carbocycles. The van der Waals surface area contributed by atoms with Gasteiger partial charge in [0, 0.05) is 6.61 Å². The van der Waals surface area contributed by atoms with Gasteiger partial charge in [-0.05, 0) is 38.0 Å². The van der Waals surface area contributed by atoms with E-state index in [9.17, 15) is 0 Å². The van der Waals surface area contributed by atoms with E-state index in [2.05, 4.69) is 26.8 Å². The monoisotopic (exact) mass is 198 g/mol. The Morgan fingerprint density at radius 2 is 1.79 bits per heavy atom. The van der Waals surface area contributed by atoms with Crippen LogP contribution in [0.2, 0.25) is 0 Å². The summed E-state index contributed by atoms with van der Waals surface area (Å²) in [6.07, 6.45) is 9.36. The number of hydrogen-bond acceptors (Lipinski definition) is 1. The van der Waals surface area contributed by atoms with Gasteiger partial charge in [-0.25, -0.2) is 0 Å². The smallest absolute Gasteiger partial charge is 0.0433 e. The molecule has 0 bridgehead atoms. The van der Waals surface area contributed by atoms with Gasteiger partial charge in [-0.1, -0.05) is 38.8 Å². The van der Waals surface area contributed by atoms with Crippen LogP contribution in [-0.4, -0.2) is 11.7 Å². The molecule has 0 saturated carbocycles. The van der Waals surface area contributed by atoms with Crippen LogP contribution in [0.1, 0.15) is 59.3 Å². The summed E-state index contributed by atoms with van der Waals surface area (Å²) < 4.78 is 0. The third-order valence-corrected chi connectivity index (χ3v) is 3.03. The number of hydrogen-bond donors (Lipinski definition) is 1. The summed E-state index contributed by atoms with van der Waals surface area (Å²) >= 11 is 0. The van der Waals surface area contributed by atoms with Crippen molar-refractivity contribution < 1.29 is 5.11 Å². The first-order valence-corrected chi connectivity index (χ1v) is 6.07. The van der Waals surface area contributed by atoms with Crippen LogP contribution < -0.4 is 0 Å². The van der Waals surface area contributed by atoms with E-state index in [1.54, 1.807) is 5.57 Å². The van der Waals surface area contributed by atoms with Crippen molar-refractivity contribution in [1.29, 1.82) is 0 Å². The quantitative estimate of drug-likeness (QED) is 0.586. The second-order valence-corrected chi connectivity index (χ2v) is 3.93. The Morgan fingerprint density at radius 1 is 1.14 bits per heavy atom. The molecule has 0 saturated heterocycles. The van der Waals surface area contributed by atoms with Crippen molar-refractivity contribution in [1.82, 2.24) is 0 Å². The molecule has 0 aromatic rings. The van der Waals surface area contributed by atoms with Gasteiger partial charge < -0.3 is 5.11 Å². The van der Waals surface area contributed by atoms with Crippen molar-refractivity contribution in [2.75, 3.05) is 6.61 Å². The molecule has 0 heterocycles. The van der Waals surface area contributed by atoms with Crippen LogP contribution in [0.5, 0.6) is 0 Å². The largest absolute Gasteiger partial charge is 0.396 e. The van der Waals surface area contributed by atoms with Gasteiger partial charge in [0.25, 0.3) is 0 Å². The lowest BCUT2D eigenvalue weighted by molar-refractivity contribution is 0.249. The molecule has 14 heavy (non-hydrogen) atoms. The minimum atomic E-state index is 0.344. The Balaban J connectivity index is 3.73. The molecule has 0 aliphatic heterocycles. The first-order chi connectivity index (χ1) is 6.78. The third kappa shape index (κ3) is 6.20. The molecule has 1 atom stereocenters. The third-order valence-electron chi connectivity index (χ3n) is 3.03. The van der Waals surface area contributed by atoms with Crippen molar-refractivity contribution in [3.8, 4) is 0 Å². The molecule has 0 radical (unpaired) electrons. The van der Waals surface area contributed by atoms with Crippen molar-refractivity contribution in [3.63, 3.8) is 0 Å². The Hall–Kier alpha value is -0.300. The minimum absolute atomic E-state index is 0.344. The predicted molar refractivity (Wildman–Crippen MR) is 63.4 cm³/mol. The SMILES string of the molecule is CCC(=CCCC(CC)CCO)CC. The van der Waals surface area contributed by atoms with Crippen LogP contribution in [0, 0.1) is 5.92 Å². The highest BCUT2D eigenvalue weighted by atomic mass is 16.3. The summed E-state index contributed by atoms with van der Waals surface area (Å²) in [4.78, 5) is 0. The first kappa shape index (κ1) is 13.7. The van der Waals surface area contributed by atoms with E-state index in [4.69, 9.17) is 5.11 Å². The van der Waals surface area contributed by atoms with E-state index in [-0.39, 0.29) is 0 Å². The highest BCUT2D eigenvalue weighted by Crippen LogP contribution is 2.17. The molecule has 1 heteroatoms. The second-order valence-electron chi connectivity index (χ2n) is 3.93. The molecule has 0 aliphatic carbocycles. The van der Waals surface area contributed by atoms with Gasteiger partial charge >= 0.3 is 0 Å². The van der Waals surface area contributed by atoms with Gasteiger partial charge in [0.05, 0.1) is 0 Å². The maximum Gasteiger partial charge on any atom is 0.0433 e. The molecule has 0 spiro atoms. The fourth-order valence-electron chi connectivity index (χ4n) is 1.80. The summed E-state index contributed by atoms with van der Waals surface area (Å²) in [6.45, 7) is 7.00. The van der Waals surface area contributed by atoms with E-state index in [1.165, 1.54) is 32.1 Å². The van der Waals surface area contributed by atoms with E-state index in [0.717, 1.165) is 6.42 Å². The van der Waals surface area contributed by atoms with E-state index < -0.39 is 0 Å². The van der Waals surface area contributed by atoms with Crippen LogP contribution in [0.3, 0.4) is 0 Å². The highest BCUT2D eigenvalue weighted by molar-refractivity contribution is 4.99. The minimum Gasteiger partial charge on any atom is -0.396 e. The summed E-state index contributed by atoms with van der Waals surface area (Å²) in [5, 5.41) is 8.85. The van der Waals surface area contributed by atoms with Crippen LogP contribution in [0.4, 0.5) is 0 Å². The van der Waals surface area contributed by atoms with E-state index >= 15 is 0 Å². The average molecular weight is 198 g/mol. The van der Waals surface area contributed by atoms with Gasteiger partial charge in [-0.3, -0.25) is 0 Å². The van der Waals surface area contributed by atoms with Crippen LogP contribution in [-0.2, 0) is 0 Å². The Bertz CT molecular complexity index is 143. The van der Waals surface area contributed by atoms with Crippen LogP contribution in [0.25, 0.3) is 0 Å². The summed E-state index contributed by atoms with van der Waals surface area (Å²) in [6, 6.07) is 0. The average Bonchev–Trinajstić information content (AvgIpc) is 2.23. The Kier molecular flexibility index (Phi) is 9.06. The molecule has 0 rings (SSSR count). The molecular weight excluding hydrogens is 172 g/mol. The molecule has 0 aromatic heterocycles. The van der Waals surface area contributed by atoms with Gasteiger partial charge in [-0.2, -0.15) is 0 Å². The molecule has 1 nitrogen and oxygen atoms in total. The summed E-state index contributed by atoms with van der Waals surface area (Å²) in [5.74, 6) is 0.714. The summed E-state index contributed by atoms with van der Waals surface area (Å²) in [5.41, 5.74) is 1.57. The lowest BCUT2D eigenvalue weighted by atomic mass is 9.96. The Morgan fingerprint density at radius 3 is 2.21 bits per heavy atom. The standard InChI is InChI=1S/C13H26O/c1-4-12(5-2)8-7-9-13(6-3)10-11-14/h8,13-14H,4-7,9-11H2,1-3H3. The van der Waals surface area contributed by atoms with Gasteiger partial charge in [0.2, 0.25) is 0 Å². The zero-order valence-electron chi connectivity index (χ0n) is 10.1. The maximum absolute atomic E-state index is 8.85. The highest BCUT2D eigenvalue weighted by Gasteiger charge is 2.03. The van der Waals surface area contributed by atoms with Crippen molar-refractivity contribution in [2.45, 2.75) is 59.3 Å². The predicted octanol–water partition coefficient (Wildman–Crippen LogP) is 3.92. The van der Waals surface area contributed by atoms with Crippen molar-refractivity contribution in [2.24, 2.45) is 5.92 Å². The molecule has 1 unspecified atom stereocenters. The maximum atomic E-state index is 8.85. The number of aliphatic hydroxyl groups is 1. The lowest BCUT2D eigenvalue weighted by Crippen LogP contribution is -2.01. The molecule has 1 N–H and O–H groups in total. The van der Waals surface area contributed by atoms with Crippen molar-refractivity contribution in [3.05, 3.63) is 11.6 Å². The zero-order valence-corrected chi connectivity index (χ0v) is 10.1. The molecular formula is C13H26O. The van der Waals surface area contributed by atoms with Gasteiger partial charge in [0.15, 0.2) is 0 Å². The zero-order chi connectivity index (χ0) is 10.8. The van der Waals surface area contributed by atoms with E-state index in [1.807, 2.05) is 0 Å². The van der Waals surface area contributed by atoms with Crippen LogP contribution >= 0.6 is 0 Å². The number of aliphatic hydroxyl groups excluding tert-OH is 1. The molecule has 84 valence electrons. The number of allylic oxidation sites excluding steroid dienone is 2. The first-order valence-electron chi connectivity index (χ1n) is 6.07. The van der Waals surface area contributed by atoms with Crippen LogP contribution in [0.15, 0.2) is 11.6 Å². The fourth-order valence-corrected chi connectivity index (χ4v) is 1.80. The lowest BCUT2D eigenvalue weighted by Gasteiger charge is -2.11. The van der Waals surface area contributed by atoms with E-state index in [0.29, 0.717) is 12.5 Å². The van der Waals surface area contributed by atoms with Gasteiger partial charge in [-0.15, -0.1) is 0 Å². The Labute approximate surface area is 89.2 Å². The summed E-state index contributed by atoms with van der Waals surface area (Å²) in [7, 11) is 0. The topological polar surface area (TPSA) is 20.2 Å². The number of rotatable bonds is 8. The molecule has 0 amide bonds. The van der Waals surface area contributed by atoms with Crippen molar-refractivity contribution >= 4 is 0 Å². The molecule has 0 aliphatic rings. The normalized spacial score (nSPS) is 12.6.